The van der Waals surface area contributed by atoms with E-state index in [2.05, 4.69) is 10.3 Å². The van der Waals surface area contributed by atoms with Crippen molar-refractivity contribution in [3.63, 3.8) is 0 Å². The Morgan fingerprint density at radius 1 is 0.683 bits per heavy atom. The van der Waals surface area contributed by atoms with Gasteiger partial charge in [-0.15, -0.1) is 0 Å². The van der Waals surface area contributed by atoms with Crippen molar-refractivity contribution in [2.75, 3.05) is 7.11 Å². The van der Waals surface area contributed by atoms with Crippen LogP contribution >= 0.6 is 0 Å². The molecule has 0 amide bonds. The van der Waals surface area contributed by atoms with E-state index in [1.165, 1.54) is 13.8 Å². The van der Waals surface area contributed by atoms with Crippen LogP contribution in [0, 0.1) is 0 Å². The van der Waals surface area contributed by atoms with Crippen LogP contribution in [-0.4, -0.2) is 46.6 Å². The number of carbonyl (C=O) groups excluding carboxylic acids is 4. The molecule has 41 heavy (non-hydrogen) atoms. The highest BCUT2D eigenvalue weighted by molar-refractivity contribution is 6.46. The van der Waals surface area contributed by atoms with Crippen molar-refractivity contribution in [1.29, 1.82) is 0 Å². The van der Waals surface area contributed by atoms with Gasteiger partial charge in [-0.05, 0) is 74.5 Å². The Hall–Kier alpha value is -5.12. The van der Waals surface area contributed by atoms with Crippen molar-refractivity contribution >= 4 is 56.7 Å². The smallest absolute Gasteiger partial charge is 0.334 e. The van der Waals surface area contributed by atoms with E-state index >= 15 is 0 Å². The fourth-order valence-electron chi connectivity index (χ4n) is 4.18. The molecule has 0 fully saturated rings. The van der Waals surface area contributed by atoms with Crippen LogP contribution in [0.4, 0.5) is 0 Å². The van der Waals surface area contributed by atoms with Gasteiger partial charge in [-0.2, -0.15) is 0 Å². The second-order valence-corrected chi connectivity index (χ2v) is 9.14. The van der Waals surface area contributed by atoms with Gasteiger partial charge in [0.15, 0.2) is 0 Å². The summed E-state index contributed by atoms with van der Waals surface area (Å²) in [6, 6.07) is 17.9. The average molecular weight is 556 g/mol. The van der Waals surface area contributed by atoms with Crippen molar-refractivity contribution in [2.45, 2.75) is 40.5 Å². The van der Waals surface area contributed by atoms with Crippen LogP contribution in [-0.2, 0) is 19.3 Å². The van der Waals surface area contributed by atoms with E-state index in [9.17, 15) is 19.2 Å². The van der Waals surface area contributed by atoms with Gasteiger partial charge in [0.05, 0.1) is 18.1 Å². The van der Waals surface area contributed by atoms with Crippen LogP contribution in [0.5, 0.6) is 5.75 Å². The van der Waals surface area contributed by atoms with E-state index in [-0.39, 0.29) is 24.3 Å². The minimum atomic E-state index is -0.546. The van der Waals surface area contributed by atoms with Crippen LogP contribution in [0.3, 0.4) is 0 Å². The van der Waals surface area contributed by atoms with Crippen LogP contribution in [0.25, 0.3) is 27.5 Å². The summed E-state index contributed by atoms with van der Waals surface area (Å²) in [6.45, 7) is 6.21. The Kier molecular flexibility index (Phi) is 8.72. The van der Waals surface area contributed by atoms with Crippen molar-refractivity contribution < 1.29 is 33.6 Å². The van der Waals surface area contributed by atoms with Crippen molar-refractivity contribution in [2.24, 2.45) is 10.3 Å². The number of methoxy groups -OCH3 is 1. The lowest BCUT2D eigenvalue weighted by Crippen LogP contribution is -2.12. The lowest BCUT2D eigenvalue weighted by molar-refractivity contribution is -0.144. The molecule has 0 radical (unpaired) electrons. The third kappa shape index (κ3) is 6.06. The number of hydrogen-bond acceptors (Lipinski definition) is 9. The van der Waals surface area contributed by atoms with Gasteiger partial charge in [-0.1, -0.05) is 24.2 Å². The second-order valence-electron chi connectivity index (χ2n) is 9.14. The summed E-state index contributed by atoms with van der Waals surface area (Å²) >= 11 is 0. The highest BCUT2D eigenvalue weighted by Crippen LogP contribution is 2.34. The maximum absolute atomic E-state index is 13.1. The molecule has 0 N–H and O–H groups in total. The number of hydrogen-bond donors (Lipinski definition) is 0. The first-order chi connectivity index (χ1) is 19.7. The number of ketones is 2. The number of nitrogens with zero attached hydrogens (tertiary/aromatic N) is 3. The molecule has 0 saturated heterocycles. The summed E-state index contributed by atoms with van der Waals surface area (Å²) in [4.78, 5) is 58.8. The van der Waals surface area contributed by atoms with Crippen molar-refractivity contribution in [1.82, 2.24) is 4.57 Å². The standard InChI is InChI=1S/C31H29N3O7/c1-6-28(35)40-32-18(3)30(37)20-8-14-26-24(16-20)25-17-21(31(38)19(4)33-41-29(36)7-2)9-15-27(25)34(26)22-10-12-23(39-5)13-11-22/h8-17H,6-7H2,1-5H3/b32-18+,33-19+. The highest BCUT2D eigenvalue weighted by atomic mass is 16.7. The maximum Gasteiger partial charge on any atom is 0.334 e. The molecule has 0 atom stereocenters. The predicted molar refractivity (Wildman–Crippen MR) is 155 cm³/mol. The monoisotopic (exact) mass is 555 g/mol. The molecule has 4 aromatic rings. The Morgan fingerprint density at radius 3 is 1.51 bits per heavy atom. The normalized spacial score (nSPS) is 11.9. The minimum absolute atomic E-state index is 0.0226. The lowest BCUT2D eigenvalue weighted by Gasteiger charge is -2.09. The predicted octanol–water partition coefficient (Wildman–Crippen LogP) is 5.82. The molecule has 3 aromatic carbocycles. The Labute approximate surface area is 236 Å². The van der Waals surface area contributed by atoms with Gasteiger partial charge >= 0.3 is 11.9 Å². The number of aromatic nitrogens is 1. The van der Waals surface area contributed by atoms with Gasteiger partial charge in [-0.25, -0.2) is 9.59 Å². The van der Waals surface area contributed by atoms with Gasteiger partial charge in [-0.3, -0.25) is 9.59 Å². The van der Waals surface area contributed by atoms with Crippen molar-refractivity contribution in [3.8, 4) is 11.4 Å². The molecule has 1 heterocycles. The van der Waals surface area contributed by atoms with Crippen molar-refractivity contribution in [3.05, 3.63) is 71.8 Å². The molecule has 1 aromatic heterocycles. The molecule has 10 nitrogen and oxygen atoms in total. The highest BCUT2D eigenvalue weighted by Gasteiger charge is 2.19. The zero-order valence-corrected chi connectivity index (χ0v) is 23.4. The maximum atomic E-state index is 13.1. The van der Waals surface area contributed by atoms with Gasteiger partial charge in [0.25, 0.3) is 0 Å². The Bertz CT molecular complexity index is 1630. The molecule has 0 unspecified atom stereocenters. The molecule has 0 spiro atoms. The summed E-state index contributed by atoms with van der Waals surface area (Å²) < 4.78 is 7.32. The molecule has 0 saturated carbocycles. The largest absolute Gasteiger partial charge is 0.497 e. The number of ether oxygens (including phenoxy) is 1. The topological polar surface area (TPSA) is 126 Å². The number of oxime groups is 2. The van der Waals surface area contributed by atoms with Gasteiger partial charge in [0.1, 0.15) is 17.2 Å². The fraction of sp³-hybridized carbons (Fsp3) is 0.226. The zero-order chi connectivity index (χ0) is 29.7. The number of carbonyl (C=O) groups is 4. The van der Waals surface area contributed by atoms with E-state index in [0.29, 0.717) is 27.6 Å². The summed E-state index contributed by atoms with van der Waals surface area (Å²) in [5, 5.41) is 8.78. The first-order valence-electron chi connectivity index (χ1n) is 13.0. The van der Waals surface area contributed by atoms with Gasteiger partial charge in [0.2, 0.25) is 11.6 Å². The first-order valence-corrected chi connectivity index (χ1v) is 13.0. The molecule has 0 aliphatic rings. The summed E-state index contributed by atoms with van der Waals surface area (Å²) in [6.07, 6.45) is 0.266. The molecular formula is C31H29N3O7. The quantitative estimate of drug-likeness (QED) is 0.105. The van der Waals surface area contributed by atoms with Gasteiger partial charge in [0, 0.05) is 40.4 Å². The molecule has 4 rings (SSSR count). The fourth-order valence-corrected chi connectivity index (χ4v) is 4.18. The number of rotatable bonds is 10. The van der Waals surface area contributed by atoms with Crippen LogP contribution in [0.1, 0.15) is 61.3 Å². The van der Waals surface area contributed by atoms with Gasteiger partial charge < -0.3 is 19.0 Å². The average Bonchev–Trinajstić information content (AvgIpc) is 3.34. The molecule has 0 bridgehead atoms. The summed E-state index contributed by atoms with van der Waals surface area (Å²) in [5.74, 6) is -1.21. The van der Waals surface area contributed by atoms with E-state index < -0.39 is 23.5 Å². The first kappa shape index (κ1) is 28.9. The lowest BCUT2D eigenvalue weighted by atomic mass is 10.0. The van der Waals surface area contributed by atoms with E-state index in [1.807, 2.05) is 41.0 Å². The third-order valence-corrected chi connectivity index (χ3v) is 6.42. The van der Waals surface area contributed by atoms with Crippen LogP contribution in [0.15, 0.2) is 71.0 Å². The van der Waals surface area contributed by atoms with Crippen LogP contribution in [0.2, 0.25) is 0 Å². The number of Topliss-reactive ketones (excluding diaryl/α,β-unsaturated/α-hetero) is 2. The molecule has 210 valence electrons. The Balaban J connectivity index is 1.87. The molecular weight excluding hydrogens is 526 g/mol. The number of fused-ring (bicyclic) bond motifs is 3. The van der Waals surface area contributed by atoms with E-state index in [4.69, 9.17) is 14.4 Å². The van der Waals surface area contributed by atoms with E-state index in [0.717, 1.165) is 16.7 Å². The van der Waals surface area contributed by atoms with Crippen LogP contribution < -0.4 is 4.74 Å². The molecule has 10 heteroatoms. The summed E-state index contributed by atoms with van der Waals surface area (Å²) in [5.41, 5.74) is 3.14. The number of benzene rings is 3. The minimum Gasteiger partial charge on any atom is -0.497 e. The zero-order valence-electron chi connectivity index (χ0n) is 23.4. The molecule has 0 aliphatic carbocycles. The van der Waals surface area contributed by atoms with E-state index in [1.54, 1.807) is 45.2 Å². The third-order valence-electron chi connectivity index (χ3n) is 6.42. The second kappa shape index (κ2) is 12.4. The summed E-state index contributed by atoms with van der Waals surface area (Å²) in [7, 11) is 1.59. The molecule has 0 aliphatic heterocycles. The SMILES string of the molecule is CCC(=O)O/N=C(\C)C(=O)c1ccc2c(c1)c1cc(C(=O)/C(C)=N/OC(=O)CC)ccc1n2-c1ccc(OC)cc1. The Morgan fingerprint density at radius 2 is 1.12 bits per heavy atom.